The second-order valence-electron chi connectivity index (χ2n) is 4.35. The van der Waals surface area contributed by atoms with Crippen LogP contribution < -0.4 is 0 Å². The molecule has 0 bridgehead atoms. The molecule has 1 rings (SSSR count). The van der Waals surface area contributed by atoms with Crippen LogP contribution in [0.2, 0.25) is 0 Å². The van der Waals surface area contributed by atoms with Crippen LogP contribution in [0.3, 0.4) is 0 Å². The van der Waals surface area contributed by atoms with Crippen molar-refractivity contribution in [3.8, 4) is 0 Å². The maximum Gasteiger partial charge on any atom is 0.379 e. The largest absolute Gasteiger partial charge is 0.450 e. The zero-order valence-corrected chi connectivity index (χ0v) is 10.7. The Labute approximate surface area is 110 Å². The highest BCUT2D eigenvalue weighted by Gasteiger charge is 2.49. The molecule has 19 heavy (non-hydrogen) atoms. The molecule has 0 aromatic heterocycles. The Morgan fingerprint density at radius 2 is 2.11 bits per heavy atom. The number of hydrogen-bond donors (Lipinski definition) is 2. The fraction of sp³-hybridized carbons (Fsp3) is 0.750. The summed E-state index contributed by atoms with van der Waals surface area (Å²) in [7, 11) is 0. The Hall–Kier alpha value is -1.47. The van der Waals surface area contributed by atoms with E-state index in [2.05, 4.69) is 4.74 Å². The third kappa shape index (κ3) is 4.00. The van der Waals surface area contributed by atoms with Gasteiger partial charge in [-0.3, -0.25) is 9.59 Å². The SMILES string of the molecule is CCCCCC(=O)OC1C(=O)C(=O)O[C@@H]1[C@@H](O)CO. The minimum atomic E-state index is -1.47. The van der Waals surface area contributed by atoms with E-state index >= 15 is 0 Å². The van der Waals surface area contributed by atoms with Gasteiger partial charge in [-0.05, 0) is 6.42 Å². The molecule has 1 aliphatic rings. The molecule has 1 saturated heterocycles. The van der Waals surface area contributed by atoms with Crippen LogP contribution in [-0.2, 0) is 23.9 Å². The van der Waals surface area contributed by atoms with E-state index in [1.54, 1.807) is 0 Å². The molecule has 108 valence electrons. The lowest BCUT2D eigenvalue weighted by atomic mass is 10.1. The summed E-state index contributed by atoms with van der Waals surface area (Å²) in [6, 6.07) is 0. The van der Waals surface area contributed by atoms with Crippen molar-refractivity contribution in [3.05, 3.63) is 0 Å². The number of ether oxygens (including phenoxy) is 2. The van der Waals surface area contributed by atoms with Crippen LogP contribution in [0.4, 0.5) is 0 Å². The molecular formula is C12H18O7. The van der Waals surface area contributed by atoms with Crippen molar-refractivity contribution >= 4 is 17.7 Å². The highest BCUT2D eigenvalue weighted by Crippen LogP contribution is 2.19. The predicted molar refractivity (Wildman–Crippen MR) is 62.0 cm³/mol. The first-order chi connectivity index (χ1) is 9.01. The number of esters is 2. The van der Waals surface area contributed by atoms with Crippen molar-refractivity contribution in [2.45, 2.75) is 50.9 Å². The van der Waals surface area contributed by atoms with E-state index in [9.17, 15) is 19.5 Å². The molecule has 7 heteroatoms. The number of rotatable bonds is 7. The normalized spacial score (nSPS) is 24.2. The van der Waals surface area contributed by atoms with E-state index in [0.29, 0.717) is 6.42 Å². The molecule has 1 fully saturated rings. The van der Waals surface area contributed by atoms with Crippen molar-refractivity contribution in [3.63, 3.8) is 0 Å². The third-order valence-corrected chi connectivity index (χ3v) is 2.81. The Kier molecular flexibility index (Phi) is 5.91. The van der Waals surface area contributed by atoms with Gasteiger partial charge < -0.3 is 19.7 Å². The summed E-state index contributed by atoms with van der Waals surface area (Å²) in [6.07, 6.45) is -1.71. The number of hydrogen-bond acceptors (Lipinski definition) is 7. The van der Waals surface area contributed by atoms with Gasteiger partial charge >= 0.3 is 11.9 Å². The molecule has 0 aromatic carbocycles. The number of cyclic esters (lactones) is 1. The van der Waals surface area contributed by atoms with Gasteiger partial charge in [0.25, 0.3) is 5.78 Å². The fourth-order valence-corrected chi connectivity index (χ4v) is 1.73. The molecule has 1 heterocycles. The quantitative estimate of drug-likeness (QED) is 0.360. The lowest BCUT2D eigenvalue weighted by Crippen LogP contribution is -2.41. The molecule has 0 spiro atoms. The van der Waals surface area contributed by atoms with Gasteiger partial charge in [-0.1, -0.05) is 19.8 Å². The molecule has 0 aliphatic carbocycles. The Balaban J connectivity index is 2.59. The topological polar surface area (TPSA) is 110 Å². The molecule has 0 saturated carbocycles. The standard InChI is InChI=1S/C12H18O7/c1-2-3-4-5-8(15)18-11-9(16)12(17)19-10(11)7(14)6-13/h7,10-11,13-14H,2-6H2,1H3/t7-,10+,11?/m0/s1. The summed E-state index contributed by atoms with van der Waals surface area (Å²) in [5.74, 6) is -2.80. The number of carbonyl (C=O) groups excluding carboxylic acids is 3. The highest BCUT2D eigenvalue weighted by atomic mass is 16.6. The van der Waals surface area contributed by atoms with Gasteiger partial charge in [0.05, 0.1) is 6.61 Å². The maximum absolute atomic E-state index is 11.5. The number of unbranched alkanes of at least 4 members (excludes halogenated alkanes) is 2. The van der Waals surface area contributed by atoms with Crippen molar-refractivity contribution in [2.75, 3.05) is 6.61 Å². The second-order valence-corrected chi connectivity index (χ2v) is 4.35. The van der Waals surface area contributed by atoms with Crippen LogP contribution >= 0.6 is 0 Å². The molecule has 1 unspecified atom stereocenters. The first-order valence-electron chi connectivity index (χ1n) is 6.24. The van der Waals surface area contributed by atoms with Crippen LogP contribution in [-0.4, -0.2) is 52.9 Å². The Morgan fingerprint density at radius 1 is 1.42 bits per heavy atom. The van der Waals surface area contributed by atoms with Gasteiger partial charge in [0.15, 0.2) is 6.10 Å². The van der Waals surface area contributed by atoms with E-state index in [1.165, 1.54) is 0 Å². The van der Waals surface area contributed by atoms with Crippen LogP contribution in [0.15, 0.2) is 0 Å². The van der Waals surface area contributed by atoms with Gasteiger partial charge in [0.1, 0.15) is 6.10 Å². The molecule has 0 aromatic rings. The molecule has 2 N–H and O–H groups in total. The lowest BCUT2D eigenvalue weighted by Gasteiger charge is -2.20. The molecule has 1 aliphatic heterocycles. The molecular weight excluding hydrogens is 256 g/mol. The van der Waals surface area contributed by atoms with E-state index < -0.39 is 42.6 Å². The van der Waals surface area contributed by atoms with Crippen LogP contribution in [0.1, 0.15) is 32.6 Å². The predicted octanol–water partition coefficient (Wildman–Crippen LogP) is -0.674. The van der Waals surface area contributed by atoms with E-state index in [-0.39, 0.29) is 6.42 Å². The van der Waals surface area contributed by atoms with Gasteiger partial charge in [-0.15, -0.1) is 0 Å². The average Bonchev–Trinajstić information content (AvgIpc) is 2.66. The monoisotopic (exact) mass is 274 g/mol. The summed E-state index contributed by atoms with van der Waals surface area (Å²) in [5.41, 5.74) is 0. The fourth-order valence-electron chi connectivity index (χ4n) is 1.73. The van der Waals surface area contributed by atoms with Crippen LogP contribution in [0.25, 0.3) is 0 Å². The summed E-state index contributed by atoms with van der Waals surface area (Å²) in [4.78, 5) is 34.1. The van der Waals surface area contributed by atoms with Crippen molar-refractivity contribution < 1.29 is 34.1 Å². The van der Waals surface area contributed by atoms with Gasteiger partial charge in [-0.25, -0.2) is 4.79 Å². The summed E-state index contributed by atoms with van der Waals surface area (Å²) >= 11 is 0. The van der Waals surface area contributed by atoms with E-state index in [1.807, 2.05) is 6.92 Å². The lowest BCUT2D eigenvalue weighted by molar-refractivity contribution is -0.160. The highest BCUT2D eigenvalue weighted by molar-refractivity contribution is 6.37. The van der Waals surface area contributed by atoms with Crippen molar-refractivity contribution in [1.29, 1.82) is 0 Å². The Morgan fingerprint density at radius 3 is 2.68 bits per heavy atom. The van der Waals surface area contributed by atoms with Gasteiger partial charge in [-0.2, -0.15) is 0 Å². The first kappa shape index (κ1) is 15.6. The minimum Gasteiger partial charge on any atom is -0.450 e. The number of aliphatic hydroxyl groups excluding tert-OH is 2. The Bertz CT molecular complexity index is 352. The molecule has 3 atom stereocenters. The molecule has 0 amide bonds. The van der Waals surface area contributed by atoms with Crippen LogP contribution in [0.5, 0.6) is 0 Å². The molecule has 7 nitrogen and oxygen atoms in total. The number of aliphatic hydroxyl groups is 2. The number of ketones is 1. The molecule has 0 radical (unpaired) electrons. The van der Waals surface area contributed by atoms with E-state index in [0.717, 1.165) is 12.8 Å². The maximum atomic E-state index is 11.5. The van der Waals surface area contributed by atoms with Crippen molar-refractivity contribution in [1.82, 2.24) is 0 Å². The summed E-state index contributed by atoms with van der Waals surface area (Å²) in [5, 5.41) is 18.2. The zero-order chi connectivity index (χ0) is 14.4. The van der Waals surface area contributed by atoms with Gasteiger partial charge in [0, 0.05) is 6.42 Å². The van der Waals surface area contributed by atoms with E-state index in [4.69, 9.17) is 9.84 Å². The summed E-state index contributed by atoms with van der Waals surface area (Å²) in [6.45, 7) is 1.28. The second kappa shape index (κ2) is 7.20. The van der Waals surface area contributed by atoms with Gasteiger partial charge in [0.2, 0.25) is 6.10 Å². The smallest absolute Gasteiger partial charge is 0.379 e. The third-order valence-electron chi connectivity index (χ3n) is 2.81. The number of Topliss-reactive ketones (excluding diaryl/α,β-unsaturated/α-hetero) is 1. The van der Waals surface area contributed by atoms with Crippen molar-refractivity contribution in [2.24, 2.45) is 0 Å². The minimum absolute atomic E-state index is 0.133. The zero-order valence-electron chi connectivity index (χ0n) is 10.7. The van der Waals surface area contributed by atoms with Crippen LogP contribution in [0, 0.1) is 0 Å². The number of carbonyl (C=O) groups is 3. The summed E-state index contributed by atoms with van der Waals surface area (Å²) < 4.78 is 9.46. The average molecular weight is 274 g/mol. The first-order valence-corrected chi connectivity index (χ1v) is 6.24.